The molecule has 1 N–H and O–H groups in total. The highest BCUT2D eigenvalue weighted by Gasteiger charge is 2.09. The van der Waals surface area contributed by atoms with E-state index >= 15 is 0 Å². The summed E-state index contributed by atoms with van der Waals surface area (Å²) in [4.78, 5) is 10.6. The average molecular weight is 232 g/mol. The Balaban J connectivity index is 0.000000686. The van der Waals surface area contributed by atoms with E-state index in [1.165, 1.54) is 6.07 Å². The first-order valence-corrected chi connectivity index (χ1v) is 5.57. The summed E-state index contributed by atoms with van der Waals surface area (Å²) in [5, 5.41) is 8.70. The van der Waals surface area contributed by atoms with Crippen molar-refractivity contribution in [1.29, 1.82) is 0 Å². The number of hydrogen-bond acceptors (Lipinski definition) is 2. The van der Waals surface area contributed by atoms with Crippen molar-refractivity contribution < 1.29 is 14.3 Å². The molecule has 17 heavy (non-hydrogen) atoms. The number of rotatable bonds is 2. The molecule has 0 spiro atoms. The summed E-state index contributed by atoms with van der Waals surface area (Å²) in [7, 11) is 0. The Morgan fingerprint density at radius 1 is 1.06 bits per heavy atom. The highest BCUT2D eigenvalue weighted by Crippen LogP contribution is 2.22. The van der Waals surface area contributed by atoms with Crippen molar-refractivity contribution in [1.82, 2.24) is 0 Å². The number of furan rings is 1. The Bertz CT molecular complexity index is 480. The van der Waals surface area contributed by atoms with Gasteiger partial charge in [0.15, 0.2) is 0 Å². The van der Waals surface area contributed by atoms with E-state index in [-0.39, 0.29) is 5.76 Å². The molecule has 3 nitrogen and oxygen atoms in total. The monoisotopic (exact) mass is 232 g/mol. The molecule has 0 amide bonds. The molecule has 1 heterocycles. The molecule has 0 aliphatic rings. The Morgan fingerprint density at radius 3 is 2.12 bits per heavy atom. The van der Waals surface area contributed by atoms with Gasteiger partial charge in [-0.25, -0.2) is 4.79 Å². The molecule has 0 atom stereocenters. The van der Waals surface area contributed by atoms with Crippen LogP contribution in [-0.4, -0.2) is 11.1 Å². The van der Waals surface area contributed by atoms with Gasteiger partial charge in [0.25, 0.3) is 0 Å². The molecule has 90 valence electrons. The molecular formula is C14H16O3. The minimum Gasteiger partial charge on any atom is -0.475 e. The summed E-state index contributed by atoms with van der Waals surface area (Å²) in [5.41, 5.74) is 2.04. The number of aryl methyl sites for hydroxylation is 1. The molecule has 3 heteroatoms. The van der Waals surface area contributed by atoms with E-state index in [4.69, 9.17) is 9.52 Å². The number of carboxylic acids is 1. The van der Waals surface area contributed by atoms with E-state index in [9.17, 15) is 4.79 Å². The van der Waals surface area contributed by atoms with Crippen LogP contribution in [-0.2, 0) is 0 Å². The average Bonchev–Trinajstić information content (AvgIpc) is 2.82. The highest BCUT2D eigenvalue weighted by atomic mass is 16.4. The molecule has 1 aromatic carbocycles. The van der Waals surface area contributed by atoms with Crippen molar-refractivity contribution in [3.05, 3.63) is 47.7 Å². The fourth-order valence-electron chi connectivity index (χ4n) is 1.33. The van der Waals surface area contributed by atoms with Crippen LogP contribution in [0.15, 0.2) is 40.8 Å². The van der Waals surface area contributed by atoms with Gasteiger partial charge in [0.05, 0.1) is 0 Å². The predicted octanol–water partition coefficient (Wildman–Crippen LogP) is 3.98. The van der Waals surface area contributed by atoms with Gasteiger partial charge in [0, 0.05) is 5.56 Å². The Morgan fingerprint density at radius 2 is 1.65 bits per heavy atom. The van der Waals surface area contributed by atoms with Crippen LogP contribution in [0.4, 0.5) is 0 Å². The highest BCUT2D eigenvalue weighted by molar-refractivity contribution is 5.85. The number of benzene rings is 1. The maximum atomic E-state index is 10.6. The molecular weight excluding hydrogens is 216 g/mol. The van der Waals surface area contributed by atoms with Gasteiger partial charge in [-0.2, -0.15) is 0 Å². The van der Waals surface area contributed by atoms with Crippen molar-refractivity contribution in [2.24, 2.45) is 0 Å². The largest absolute Gasteiger partial charge is 0.475 e. The van der Waals surface area contributed by atoms with Crippen molar-refractivity contribution in [2.45, 2.75) is 20.8 Å². The minimum atomic E-state index is -1.05. The lowest BCUT2D eigenvalue weighted by molar-refractivity contribution is 0.0663. The zero-order valence-corrected chi connectivity index (χ0v) is 10.2. The molecule has 2 rings (SSSR count). The molecule has 0 saturated heterocycles. The quantitative estimate of drug-likeness (QED) is 0.852. The van der Waals surface area contributed by atoms with E-state index in [0.29, 0.717) is 5.76 Å². The first kappa shape index (κ1) is 13.0. The number of hydrogen-bond donors (Lipinski definition) is 1. The van der Waals surface area contributed by atoms with Crippen LogP contribution >= 0.6 is 0 Å². The summed E-state index contributed by atoms with van der Waals surface area (Å²) in [6.45, 7) is 5.99. The van der Waals surface area contributed by atoms with E-state index in [1.807, 2.05) is 45.0 Å². The molecule has 0 unspecified atom stereocenters. The molecule has 0 aliphatic heterocycles. The summed E-state index contributed by atoms with van der Waals surface area (Å²) >= 11 is 0. The van der Waals surface area contributed by atoms with E-state index < -0.39 is 5.97 Å². The van der Waals surface area contributed by atoms with Crippen LogP contribution < -0.4 is 0 Å². The lowest BCUT2D eigenvalue weighted by Crippen LogP contribution is -1.91. The molecule has 1 aromatic heterocycles. The molecule has 0 fully saturated rings. The smallest absolute Gasteiger partial charge is 0.371 e. The first-order valence-electron chi connectivity index (χ1n) is 5.57. The van der Waals surface area contributed by atoms with Gasteiger partial charge in [0.2, 0.25) is 5.76 Å². The maximum absolute atomic E-state index is 10.6. The van der Waals surface area contributed by atoms with Gasteiger partial charge in [0.1, 0.15) is 5.76 Å². The topological polar surface area (TPSA) is 50.4 Å². The standard InChI is InChI=1S/C12H10O3.C2H6/c1-8-2-4-9(5-3-8)10-6-7-11(15-10)12(13)14;1-2/h2-7H,1H3,(H,13,14);1-2H3. The van der Waals surface area contributed by atoms with Gasteiger partial charge in [-0.3, -0.25) is 0 Å². The second-order valence-electron chi connectivity index (χ2n) is 3.34. The van der Waals surface area contributed by atoms with E-state index in [2.05, 4.69) is 0 Å². The third-order valence-electron chi connectivity index (χ3n) is 2.15. The number of carboxylic acid groups (broad SMARTS) is 1. The SMILES string of the molecule is CC.Cc1ccc(-c2ccc(C(=O)O)o2)cc1. The molecule has 0 radical (unpaired) electrons. The van der Waals surface area contributed by atoms with Gasteiger partial charge < -0.3 is 9.52 Å². The van der Waals surface area contributed by atoms with Crippen LogP contribution in [0, 0.1) is 6.92 Å². The zero-order valence-electron chi connectivity index (χ0n) is 10.2. The third kappa shape index (κ3) is 3.21. The lowest BCUT2D eigenvalue weighted by atomic mass is 10.1. The second-order valence-corrected chi connectivity index (χ2v) is 3.34. The third-order valence-corrected chi connectivity index (χ3v) is 2.15. The fourth-order valence-corrected chi connectivity index (χ4v) is 1.33. The normalized spacial score (nSPS) is 9.35. The van der Waals surface area contributed by atoms with Crippen LogP contribution in [0.1, 0.15) is 30.0 Å². The summed E-state index contributed by atoms with van der Waals surface area (Å²) in [6, 6.07) is 10.8. The molecule has 0 bridgehead atoms. The maximum Gasteiger partial charge on any atom is 0.371 e. The molecule has 0 aliphatic carbocycles. The van der Waals surface area contributed by atoms with Gasteiger partial charge >= 0.3 is 5.97 Å². The van der Waals surface area contributed by atoms with E-state index in [1.54, 1.807) is 6.07 Å². The van der Waals surface area contributed by atoms with Crippen molar-refractivity contribution in [3.8, 4) is 11.3 Å². The Kier molecular flexibility index (Phi) is 4.52. The van der Waals surface area contributed by atoms with Crippen molar-refractivity contribution >= 4 is 5.97 Å². The first-order chi connectivity index (χ1) is 8.16. The molecule has 2 aromatic rings. The lowest BCUT2D eigenvalue weighted by Gasteiger charge is -1.96. The Hall–Kier alpha value is -2.03. The van der Waals surface area contributed by atoms with Crippen molar-refractivity contribution in [3.63, 3.8) is 0 Å². The molecule has 0 saturated carbocycles. The van der Waals surface area contributed by atoms with Crippen LogP contribution in [0.25, 0.3) is 11.3 Å². The van der Waals surface area contributed by atoms with Gasteiger partial charge in [-0.15, -0.1) is 0 Å². The van der Waals surface area contributed by atoms with Gasteiger partial charge in [-0.1, -0.05) is 43.7 Å². The van der Waals surface area contributed by atoms with Gasteiger partial charge in [-0.05, 0) is 19.1 Å². The van der Waals surface area contributed by atoms with E-state index in [0.717, 1.165) is 11.1 Å². The number of aromatic carboxylic acids is 1. The summed E-state index contributed by atoms with van der Waals surface area (Å²) in [5.74, 6) is -0.508. The zero-order chi connectivity index (χ0) is 12.8. The second kappa shape index (κ2) is 5.89. The van der Waals surface area contributed by atoms with Crippen LogP contribution in [0.2, 0.25) is 0 Å². The fraction of sp³-hybridized carbons (Fsp3) is 0.214. The van der Waals surface area contributed by atoms with Crippen LogP contribution in [0.5, 0.6) is 0 Å². The van der Waals surface area contributed by atoms with Crippen LogP contribution in [0.3, 0.4) is 0 Å². The predicted molar refractivity (Wildman–Crippen MR) is 67.2 cm³/mol. The minimum absolute atomic E-state index is 0.0365. The summed E-state index contributed by atoms with van der Waals surface area (Å²) in [6.07, 6.45) is 0. The Labute approximate surface area is 101 Å². The summed E-state index contributed by atoms with van der Waals surface area (Å²) < 4.78 is 5.17. The van der Waals surface area contributed by atoms with Crippen molar-refractivity contribution in [2.75, 3.05) is 0 Å². The number of carbonyl (C=O) groups is 1.